The molecule has 2 N–H and O–H groups in total. The zero-order valence-electron chi connectivity index (χ0n) is 11.3. The number of aromatic amines is 1. The van der Waals surface area contributed by atoms with Crippen LogP contribution in [0.4, 0.5) is 0 Å². The number of aromatic nitrogens is 2. The number of rotatable bonds is 5. The summed E-state index contributed by atoms with van der Waals surface area (Å²) in [6, 6.07) is 8.15. The third kappa shape index (κ3) is 3.58. The van der Waals surface area contributed by atoms with Crippen molar-refractivity contribution in [1.29, 1.82) is 0 Å². The molecule has 19 heavy (non-hydrogen) atoms. The number of halogens is 1. The standard InChI is InChI=1S/C14H18BrN3O/c1-4-16-10(3)12-6-5-11(15)8-13(12)19-14-7-9(2)17-18-14/h5-8,10,16H,4H2,1-3H3,(H,17,18). The van der Waals surface area contributed by atoms with E-state index in [9.17, 15) is 0 Å². The van der Waals surface area contributed by atoms with E-state index in [2.05, 4.69) is 51.4 Å². The highest BCUT2D eigenvalue weighted by molar-refractivity contribution is 9.10. The van der Waals surface area contributed by atoms with Gasteiger partial charge in [-0.3, -0.25) is 5.10 Å². The molecule has 1 aromatic carbocycles. The SMILES string of the molecule is CCNC(C)c1ccc(Br)cc1Oc1cc(C)[nH]n1. The van der Waals surface area contributed by atoms with E-state index in [0.717, 1.165) is 28.0 Å². The number of nitrogens with one attached hydrogen (secondary N) is 2. The minimum atomic E-state index is 0.230. The Bertz CT molecular complexity index is 553. The van der Waals surface area contributed by atoms with Crippen LogP contribution in [0.3, 0.4) is 0 Å². The van der Waals surface area contributed by atoms with Crippen molar-refractivity contribution in [2.24, 2.45) is 0 Å². The molecule has 0 aliphatic carbocycles. The average Bonchev–Trinajstić information content (AvgIpc) is 2.75. The Balaban J connectivity index is 2.29. The van der Waals surface area contributed by atoms with Crippen LogP contribution in [0.25, 0.3) is 0 Å². The van der Waals surface area contributed by atoms with Gasteiger partial charge in [0, 0.05) is 27.8 Å². The van der Waals surface area contributed by atoms with Crippen molar-refractivity contribution in [3.8, 4) is 11.6 Å². The maximum absolute atomic E-state index is 5.87. The molecule has 0 radical (unpaired) electrons. The van der Waals surface area contributed by atoms with E-state index < -0.39 is 0 Å². The van der Waals surface area contributed by atoms with Crippen molar-refractivity contribution in [3.63, 3.8) is 0 Å². The second-order valence-electron chi connectivity index (χ2n) is 4.45. The molecule has 0 saturated heterocycles. The first-order chi connectivity index (χ1) is 9.10. The third-order valence-electron chi connectivity index (χ3n) is 2.85. The number of hydrogen-bond donors (Lipinski definition) is 2. The van der Waals surface area contributed by atoms with Crippen molar-refractivity contribution in [2.45, 2.75) is 26.8 Å². The summed E-state index contributed by atoms with van der Waals surface area (Å²) in [7, 11) is 0. The van der Waals surface area contributed by atoms with E-state index in [4.69, 9.17) is 4.74 Å². The Labute approximate surface area is 121 Å². The first-order valence-corrected chi connectivity index (χ1v) is 7.12. The van der Waals surface area contributed by atoms with E-state index in [1.807, 2.05) is 25.1 Å². The smallest absolute Gasteiger partial charge is 0.238 e. The van der Waals surface area contributed by atoms with E-state index in [1.54, 1.807) is 0 Å². The molecule has 0 bridgehead atoms. The molecule has 1 aromatic heterocycles. The van der Waals surface area contributed by atoms with Crippen LogP contribution in [0, 0.1) is 6.92 Å². The zero-order chi connectivity index (χ0) is 13.8. The molecule has 0 fully saturated rings. The molecular formula is C14H18BrN3O. The van der Waals surface area contributed by atoms with Gasteiger partial charge in [0.25, 0.3) is 0 Å². The Hall–Kier alpha value is -1.33. The molecule has 5 heteroatoms. The Morgan fingerprint density at radius 3 is 2.84 bits per heavy atom. The fourth-order valence-corrected chi connectivity index (χ4v) is 2.27. The maximum Gasteiger partial charge on any atom is 0.238 e. The summed E-state index contributed by atoms with van der Waals surface area (Å²) >= 11 is 3.47. The predicted molar refractivity (Wildman–Crippen MR) is 79.6 cm³/mol. The van der Waals surface area contributed by atoms with E-state index in [1.165, 1.54) is 0 Å². The van der Waals surface area contributed by atoms with Crippen LogP contribution in [-0.2, 0) is 0 Å². The number of aryl methyl sites for hydroxylation is 1. The maximum atomic E-state index is 5.87. The van der Waals surface area contributed by atoms with Crippen LogP contribution in [0.2, 0.25) is 0 Å². The Morgan fingerprint density at radius 2 is 2.21 bits per heavy atom. The Kier molecular flexibility index (Phi) is 4.61. The van der Waals surface area contributed by atoms with Crippen molar-refractivity contribution < 1.29 is 4.74 Å². The lowest BCUT2D eigenvalue weighted by Crippen LogP contribution is -2.18. The molecule has 2 rings (SSSR count). The molecule has 102 valence electrons. The van der Waals surface area contributed by atoms with Crippen molar-refractivity contribution in [3.05, 3.63) is 40.0 Å². The van der Waals surface area contributed by atoms with Crippen molar-refractivity contribution >= 4 is 15.9 Å². The Morgan fingerprint density at radius 1 is 1.42 bits per heavy atom. The highest BCUT2D eigenvalue weighted by atomic mass is 79.9. The third-order valence-corrected chi connectivity index (χ3v) is 3.34. The summed E-state index contributed by atoms with van der Waals surface area (Å²) in [6.07, 6.45) is 0. The van der Waals surface area contributed by atoms with Gasteiger partial charge in [-0.05, 0) is 32.5 Å². The molecule has 1 heterocycles. The highest BCUT2D eigenvalue weighted by Gasteiger charge is 2.13. The van der Waals surface area contributed by atoms with Gasteiger partial charge in [-0.15, -0.1) is 5.10 Å². The van der Waals surface area contributed by atoms with Crippen molar-refractivity contribution in [2.75, 3.05) is 6.54 Å². The lowest BCUT2D eigenvalue weighted by molar-refractivity contribution is 0.445. The first kappa shape index (κ1) is 14.1. The minimum absolute atomic E-state index is 0.230. The number of H-pyrrole nitrogens is 1. The second kappa shape index (κ2) is 6.21. The lowest BCUT2D eigenvalue weighted by Gasteiger charge is -2.17. The van der Waals surface area contributed by atoms with Crippen LogP contribution >= 0.6 is 15.9 Å². The van der Waals surface area contributed by atoms with Gasteiger partial charge in [0.15, 0.2) is 0 Å². The summed E-state index contributed by atoms with van der Waals surface area (Å²) < 4.78 is 6.85. The number of benzene rings is 1. The molecule has 0 spiro atoms. The lowest BCUT2D eigenvalue weighted by atomic mass is 10.1. The van der Waals surface area contributed by atoms with E-state index >= 15 is 0 Å². The minimum Gasteiger partial charge on any atom is -0.437 e. The summed E-state index contributed by atoms with van der Waals surface area (Å²) in [4.78, 5) is 0. The first-order valence-electron chi connectivity index (χ1n) is 6.33. The summed E-state index contributed by atoms with van der Waals surface area (Å²) in [5, 5.41) is 10.4. The van der Waals surface area contributed by atoms with Crippen molar-refractivity contribution in [1.82, 2.24) is 15.5 Å². The number of nitrogens with zero attached hydrogens (tertiary/aromatic N) is 1. The molecule has 1 atom stereocenters. The normalized spacial score (nSPS) is 12.4. The van der Waals surface area contributed by atoms with Gasteiger partial charge in [0.05, 0.1) is 0 Å². The molecule has 1 unspecified atom stereocenters. The zero-order valence-corrected chi connectivity index (χ0v) is 12.9. The van der Waals surface area contributed by atoms with Gasteiger partial charge < -0.3 is 10.1 Å². The van der Waals surface area contributed by atoms with Gasteiger partial charge in [-0.25, -0.2) is 0 Å². The highest BCUT2D eigenvalue weighted by Crippen LogP contribution is 2.31. The van der Waals surface area contributed by atoms with E-state index in [-0.39, 0.29) is 6.04 Å². The largest absolute Gasteiger partial charge is 0.437 e. The average molecular weight is 324 g/mol. The fraction of sp³-hybridized carbons (Fsp3) is 0.357. The molecule has 4 nitrogen and oxygen atoms in total. The van der Waals surface area contributed by atoms with Gasteiger partial charge in [0.1, 0.15) is 5.75 Å². The number of hydrogen-bond acceptors (Lipinski definition) is 3. The van der Waals surface area contributed by atoms with Crippen LogP contribution in [-0.4, -0.2) is 16.7 Å². The second-order valence-corrected chi connectivity index (χ2v) is 5.37. The molecule has 0 aliphatic heterocycles. The summed E-state index contributed by atoms with van der Waals surface area (Å²) in [6.45, 7) is 7.07. The van der Waals surface area contributed by atoms with Gasteiger partial charge in [0.2, 0.25) is 5.88 Å². The van der Waals surface area contributed by atoms with Gasteiger partial charge >= 0.3 is 0 Å². The molecular weight excluding hydrogens is 306 g/mol. The quantitative estimate of drug-likeness (QED) is 0.876. The van der Waals surface area contributed by atoms with Crippen LogP contribution < -0.4 is 10.1 Å². The van der Waals surface area contributed by atoms with Gasteiger partial charge in [-0.1, -0.05) is 28.9 Å². The van der Waals surface area contributed by atoms with Crippen LogP contribution in [0.5, 0.6) is 11.6 Å². The predicted octanol–water partition coefficient (Wildman–Crippen LogP) is 3.94. The molecule has 0 amide bonds. The van der Waals surface area contributed by atoms with Crippen LogP contribution in [0.15, 0.2) is 28.7 Å². The topological polar surface area (TPSA) is 49.9 Å². The van der Waals surface area contributed by atoms with Crippen LogP contribution in [0.1, 0.15) is 31.1 Å². The van der Waals surface area contributed by atoms with Gasteiger partial charge in [-0.2, -0.15) is 0 Å². The summed E-state index contributed by atoms with van der Waals surface area (Å²) in [5.74, 6) is 1.40. The summed E-state index contributed by atoms with van der Waals surface area (Å²) in [5.41, 5.74) is 2.09. The fourth-order valence-electron chi connectivity index (χ4n) is 1.93. The number of ether oxygens (including phenoxy) is 1. The monoisotopic (exact) mass is 323 g/mol. The van der Waals surface area contributed by atoms with E-state index in [0.29, 0.717) is 5.88 Å². The molecule has 2 aromatic rings. The molecule has 0 saturated carbocycles. The molecule has 0 aliphatic rings.